The lowest BCUT2D eigenvalue weighted by Gasteiger charge is -1.99. The summed E-state index contributed by atoms with van der Waals surface area (Å²) in [6.45, 7) is 0. The summed E-state index contributed by atoms with van der Waals surface area (Å²) in [6.07, 6.45) is 0. The molecule has 0 fully saturated rings. The first-order chi connectivity index (χ1) is 6.09. The van der Waals surface area contributed by atoms with E-state index in [9.17, 15) is 9.59 Å². The van der Waals surface area contributed by atoms with Crippen LogP contribution in [0.25, 0.3) is 0 Å². The van der Waals surface area contributed by atoms with Gasteiger partial charge in [-0.3, -0.25) is 9.59 Å². The Morgan fingerprint density at radius 1 is 1.15 bits per heavy atom. The van der Waals surface area contributed by atoms with Crippen LogP contribution in [-0.2, 0) is 4.79 Å². The Balaban J connectivity index is 2.71. The molecule has 1 heterocycles. The fraction of sp³-hybridized carbons (Fsp3) is 0. The van der Waals surface area contributed by atoms with Crippen LogP contribution in [0.1, 0.15) is 10.4 Å². The van der Waals surface area contributed by atoms with Crippen molar-refractivity contribution in [2.45, 2.75) is 0 Å². The van der Waals surface area contributed by atoms with E-state index in [-0.39, 0.29) is 0 Å². The lowest BCUT2D eigenvalue weighted by molar-refractivity contribution is -0.112. The van der Waals surface area contributed by atoms with Gasteiger partial charge in [0.15, 0.2) is 0 Å². The zero-order valence-electron chi connectivity index (χ0n) is 6.23. The second kappa shape index (κ2) is 2.92. The van der Waals surface area contributed by atoms with Crippen LogP contribution in [0.15, 0.2) is 21.1 Å². The number of Topliss-reactive ketones (excluding diaryl/α,β-unsaturated/α-hetero) is 1. The number of nitrogens with one attached hydrogen (secondary N) is 1. The zero-order chi connectivity index (χ0) is 9.59. The van der Waals surface area contributed by atoms with E-state index in [4.69, 9.17) is 0 Å². The smallest absolute Gasteiger partial charge is 0.296 e. The van der Waals surface area contributed by atoms with Gasteiger partial charge in [0.05, 0.1) is 11.3 Å². The quantitative estimate of drug-likeness (QED) is 0.748. The molecule has 0 saturated carbocycles. The number of hydrogen-bond donors (Lipinski definition) is 1. The van der Waals surface area contributed by atoms with Crippen LogP contribution in [-0.4, -0.2) is 11.7 Å². The third kappa shape index (κ3) is 1.32. The number of benzene rings is 1. The minimum Gasteiger partial charge on any atom is -0.318 e. The second-order valence-electron chi connectivity index (χ2n) is 2.59. The molecule has 1 N–H and O–H groups in total. The van der Waals surface area contributed by atoms with Gasteiger partial charge >= 0.3 is 0 Å². The number of ketones is 1. The van der Waals surface area contributed by atoms with Crippen LogP contribution in [0.4, 0.5) is 5.69 Å². The summed E-state index contributed by atoms with van der Waals surface area (Å²) in [5, 5.41) is 2.48. The maximum Gasteiger partial charge on any atom is 0.296 e. The van der Waals surface area contributed by atoms with E-state index in [1.54, 1.807) is 12.1 Å². The Hall–Kier alpha value is -0.680. The lowest BCUT2D eigenvalue weighted by Crippen LogP contribution is -2.12. The van der Waals surface area contributed by atoms with E-state index in [0.717, 1.165) is 4.47 Å². The first-order valence-electron chi connectivity index (χ1n) is 3.44. The van der Waals surface area contributed by atoms with E-state index in [1.807, 2.05) is 0 Å². The van der Waals surface area contributed by atoms with Gasteiger partial charge in [-0.1, -0.05) is 15.9 Å². The summed E-state index contributed by atoms with van der Waals surface area (Å²) in [7, 11) is 0. The first kappa shape index (κ1) is 8.90. The highest BCUT2D eigenvalue weighted by molar-refractivity contribution is 9.11. The highest BCUT2D eigenvalue weighted by Gasteiger charge is 2.30. The highest BCUT2D eigenvalue weighted by atomic mass is 79.9. The predicted molar refractivity (Wildman–Crippen MR) is 54.8 cm³/mol. The topological polar surface area (TPSA) is 46.2 Å². The van der Waals surface area contributed by atoms with Crippen molar-refractivity contribution in [3.8, 4) is 0 Å². The average molecular weight is 305 g/mol. The van der Waals surface area contributed by atoms with E-state index >= 15 is 0 Å². The van der Waals surface area contributed by atoms with E-state index in [2.05, 4.69) is 37.2 Å². The zero-order valence-corrected chi connectivity index (χ0v) is 9.40. The van der Waals surface area contributed by atoms with E-state index in [1.165, 1.54) is 0 Å². The molecule has 0 bridgehead atoms. The largest absolute Gasteiger partial charge is 0.318 e. The maximum atomic E-state index is 11.3. The molecule has 1 amide bonds. The number of hydrogen-bond acceptors (Lipinski definition) is 2. The Bertz CT molecular complexity index is 428. The molecule has 0 saturated heterocycles. The summed E-state index contributed by atoms with van der Waals surface area (Å²) in [5.74, 6) is -1.07. The molecular formula is C8H3Br2NO2. The number of amides is 1. The van der Waals surface area contributed by atoms with Crippen LogP contribution in [0.2, 0.25) is 0 Å². The van der Waals surface area contributed by atoms with E-state index < -0.39 is 11.7 Å². The normalized spacial score (nSPS) is 14.3. The fourth-order valence-electron chi connectivity index (χ4n) is 1.20. The summed E-state index contributed by atoms with van der Waals surface area (Å²) in [6, 6.07) is 3.43. The molecular weight excluding hydrogens is 302 g/mol. The Morgan fingerprint density at radius 3 is 2.54 bits per heavy atom. The van der Waals surface area contributed by atoms with Crippen LogP contribution in [0.5, 0.6) is 0 Å². The standard InChI is InChI=1S/C8H3Br2NO2/c9-3-1-4(10)6-5(2-3)11-8(13)7(6)12/h1-2H,(H,11,12,13). The molecule has 66 valence electrons. The Kier molecular flexibility index (Phi) is 2.00. The molecule has 1 aromatic carbocycles. The van der Waals surface area contributed by atoms with Crippen molar-refractivity contribution >= 4 is 49.2 Å². The van der Waals surface area contributed by atoms with Crippen molar-refractivity contribution in [1.29, 1.82) is 0 Å². The number of halogens is 2. The summed E-state index contributed by atoms with van der Waals surface area (Å²) >= 11 is 6.49. The number of fused-ring (bicyclic) bond motifs is 1. The SMILES string of the molecule is O=C1Nc2cc(Br)cc(Br)c2C1=O. The van der Waals surface area contributed by atoms with Crippen molar-refractivity contribution in [2.75, 3.05) is 5.32 Å². The van der Waals surface area contributed by atoms with Gasteiger partial charge in [0.25, 0.3) is 11.7 Å². The first-order valence-corrected chi connectivity index (χ1v) is 5.03. The van der Waals surface area contributed by atoms with Crippen LogP contribution in [0.3, 0.4) is 0 Å². The highest BCUT2D eigenvalue weighted by Crippen LogP contribution is 2.33. The van der Waals surface area contributed by atoms with Gasteiger partial charge in [0.2, 0.25) is 0 Å². The second-order valence-corrected chi connectivity index (χ2v) is 4.36. The van der Waals surface area contributed by atoms with Crippen molar-refractivity contribution < 1.29 is 9.59 Å². The third-order valence-electron chi connectivity index (χ3n) is 1.74. The van der Waals surface area contributed by atoms with Gasteiger partial charge in [0, 0.05) is 8.95 Å². The van der Waals surface area contributed by atoms with Crippen molar-refractivity contribution in [1.82, 2.24) is 0 Å². The van der Waals surface area contributed by atoms with Gasteiger partial charge < -0.3 is 5.32 Å². The van der Waals surface area contributed by atoms with Gasteiger partial charge in [-0.2, -0.15) is 0 Å². The van der Waals surface area contributed by atoms with Crippen molar-refractivity contribution in [3.63, 3.8) is 0 Å². The summed E-state index contributed by atoms with van der Waals surface area (Å²) < 4.78 is 1.44. The number of anilines is 1. The van der Waals surface area contributed by atoms with Crippen LogP contribution < -0.4 is 5.32 Å². The molecule has 1 aliphatic rings. The number of carbonyl (C=O) groups is 2. The van der Waals surface area contributed by atoms with Crippen LogP contribution >= 0.6 is 31.9 Å². The number of carbonyl (C=O) groups excluding carboxylic acids is 2. The molecule has 1 aromatic rings. The molecule has 3 nitrogen and oxygen atoms in total. The Labute approximate surface area is 90.8 Å². The third-order valence-corrected chi connectivity index (χ3v) is 2.82. The summed E-state index contributed by atoms with van der Waals surface area (Å²) in [4.78, 5) is 22.3. The molecule has 0 spiro atoms. The predicted octanol–water partition coefficient (Wildman–Crippen LogP) is 2.35. The molecule has 0 radical (unpaired) electrons. The van der Waals surface area contributed by atoms with Crippen molar-refractivity contribution in [3.05, 3.63) is 26.6 Å². The Morgan fingerprint density at radius 2 is 1.85 bits per heavy atom. The molecule has 1 aliphatic heterocycles. The van der Waals surface area contributed by atoms with Crippen molar-refractivity contribution in [2.24, 2.45) is 0 Å². The minimum atomic E-state index is -0.575. The molecule has 0 atom stereocenters. The molecule has 0 aliphatic carbocycles. The molecule has 2 rings (SSSR count). The van der Waals surface area contributed by atoms with Gasteiger partial charge in [0.1, 0.15) is 0 Å². The molecule has 13 heavy (non-hydrogen) atoms. The van der Waals surface area contributed by atoms with Gasteiger partial charge in [-0.25, -0.2) is 0 Å². The fourth-order valence-corrected chi connectivity index (χ4v) is 2.60. The minimum absolute atomic E-state index is 0.410. The monoisotopic (exact) mass is 303 g/mol. The molecule has 0 aromatic heterocycles. The summed E-state index contributed by atoms with van der Waals surface area (Å²) in [5.41, 5.74) is 0.962. The lowest BCUT2D eigenvalue weighted by atomic mass is 10.1. The average Bonchev–Trinajstić information content (AvgIpc) is 2.27. The van der Waals surface area contributed by atoms with Gasteiger partial charge in [-0.05, 0) is 28.1 Å². The molecule has 5 heteroatoms. The van der Waals surface area contributed by atoms with Gasteiger partial charge in [-0.15, -0.1) is 0 Å². The van der Waals surface area contributed by atoms with Crippen LogP contribution in [0, 0.1) is 0 Å². The molecule has 0 unspecified atom stereocenters. The maximum absolute atomic E-state index is 11.3. The number of rotatable bonds is 0. The van der Waals surface area contributed by atoms with E-state index in [0.29, 0.717) is 15.7 Å².